The molecule has 4 saturated carbocycles. The summed E-state index contributed by atoms with van der Waals surface area (Å²) in [5.74, 6) is 1.75. The lowest BCUT2D eigenvalue weighted by molar-refractivity contribution is -0.209. The molecule has 0 saturated heterocycles. The molecule has 0 aromatic rings. The van der Waals surface area contributed by atoms with Gasteiger partial charge < -0.3 is 20.1 Å². The van der Waals surface area contributed by atoms with Crippen molar-refractivity contribution >= 4 is 5.97 Å². The lowest BCUT2D eigenvalue weighted by atomic mass is 9.44. The van der Waals surface area contributed by atoms with Crippen molar-refractivity contribution in [3.63, 3.8) is 0 Å². The van der Waals surface area contributed by atoms with Crippen LogP contribution in [0.25, 0.3) is 0 Å². The number of carbonyl (C=O) groups excluding carboxylic acids is 1. The Morgan fingerprint density at radius 2 is 1.79 bits per heavy atom. The van der Waals surface area contributed by atoms with Gasteiger partial charge >= 0.3 is 5.97 Å². The molecule has 4 aliphatic rings. The fourth-order valence-electron chi connectivity index (χ4n) is 8.37. The Hall–Kier alpha value is -0.650. The van der Waals surface area contributed by atoms with Gasteiger partial charge in [0.05, 0.1) is 12.2 Å². The van der Waals surface area contributed by atoms with E-state index in [1.807, 2.05) is 0 Å². The molecule has 0 bridgehead atoms. The maximum atomic E-state index is 11.4. The van der Waals surface area contributed by atoms with Crippen LogP contribution in [0.5, 0.6) is 0 Å². The second kappa shape index (κ2) is 6.68. The Bertz CT molecular complexity index is 634. The minimum absolute atomic E-state index is 0.0645. The van der Waals surface area contributed by atoms with Crippen molar-refractivity contribution in [1.29, 1.82) is 0 Å². The highest BCUT2D eigenvalue weighted by atomic mass is 16.5. The summed E-state index contributed by atoms with van der Waals surface area (Å²) in [6.07, 6.45) is 6.02. The summed E-state index contributed by atoms with van der Waals surface area (Å²) in [7, 11) is 0. The smallest absolute Gasteiger partial charge is 0.302 e. The number of fused-ring (bicyclic) bond motifs is 5. The molecule has 5 heteroatoms. The molecule has 160 valence electrons. The largest absolute Gasteiger partial charge is 0.463 e. The predicted octanol–water partition coefficient (Wildman–Crippen LogP) is 3.04. The van der Waals surface area contributed by atoms with Crippen LogP contribution in [0.1, 0.15) is 79.1 Å². The van der Waals surface area contributed by atoms with E-state index in [4.69, 9.17) is 4.74 Å². The van der Waals surface area contributed by atoms with Gasteiger partial charge in [0, 0.05) is 12.3 Å². The van der Waals surface area contributed by atoms with Crippen molar-refractivity contribution < 1.29 is 24.9 Å². The third-order valence-corrected chi connectivity index (χ3v) is 9.88. The van der Waals surface area contributed by atoms with Crippen LogP contribution in [0.2, 0.25) is 0 Å². The van der Waals surface area contributed by atoms with E-state index in [0.717, 1.165) is 44.9 Å². The highest BCUT2D eigenvalue weighted by Gasteiger charge is 2.69. The first-order valence-corrected chi connectivity index (χ1v) is 11.3. The normalized spacial score (nSPS) is 54.2. The SMILES string of the molecule is CC(=O)OC1CC[C@]2(C)C3CC[C@@]4(C)C(C[C@@H](O)[C@]4(O)C(C)O)C3CC[C@H]2C1. The third kappa shape index (κ3) is 2.65. The summed E-state index contributed by atoms with van der Waals surface area (Å²) in [4.78, 5) is 11.4. The molecule has 28 heavy (non-hydrogen) atoms. The van der Waals surface area contributed by atoms with Crippen molar-refractivity contribution in [3.05, 3.63) is 0 Å². The van der Waals surface area contributed by atoms with Crippen molar-refractivity contribution in [2.75, 3.05) is 0 Å². The second-order valence-corrected chi connectivity index (χ2v) is 10.9. The van der Waals surface area contributed by atoms with E-state index >= 15 is 0 Å². The number of hydrogen-bond acceptors (Lipinski definition) is 5. The second-order valence-electron chi connectivity index (χ2n) is 10.9. The van der Waals surface area contributed by atoms with Crippen molar-refractivity contribution in [3.8, 4) is 0 Å². The first kappa shape index (κ1) is 20.6. The fraction of sp³-hybridized carbons (Fsp3) is 0.957. The van der Waals surface area contributed by atoms with E-state index in [2.05, 4.69) is 13.8 Å². The Kier molecular flexibility index (Phi) is 4.92. The van der Waals surface area contributed by atoms with Crippen LogP contribution < -0.4 is 0 Å². The first-order valence-electron chi connectivity index (χ1n) is 11.3. The van der Waals surface area contributed by atoms with Gasteiger partial charge in [-0.1, -0.05) is 13.8 Å². The molecule has 3 N–H and O–H groups in total. The number of esters is 1. The summed E-state index contributed by atoms with van der Waals surface area (Å²) in [6, 6.07) is 0. The molecule has 0 aromatic carbocycles. The van der Waals surface area contributed by atoms with Crippen molar-refractivity contribution in [1.82, 2.24) is 0 Å². The van der Waals surface area contributed by atoms with Gasteiger partial charge in [-0.2, -0.15) is 0 Å². The van der Waals surface area contributed by atoms with Crippen molar-refractivity contribution in [2.45, 2.75) is 103 Å². The third-order valence-electron chi connectivity index (χ3n) is 9.88. The molecule has 5 unspecified atom stereocenters. The van der Waals surface area contributed by atoms with Crippen molar-refractivity contribution in [2.24, 2.45) is 34.5 Å². The molecular weight excluding hydrogens is 356 g/mol. The van der Waals surface area contributed by atoms with E-state index < -0.39 is 23.2 Å². The number of aliphatic hydroxyl groups excluding tert-OH is 2. The van der Waals surface area contributed by atoms with Crippen LogP contribution in [-0.2, 0) is 9.53 Å². The van der Waals surface area contributed by atoms with Crippen LogP contribution in [0.3, 0.4) is 0 Å². The zero-order valence-electron chi connectivity index (χ0n) is 17.9. The van der Waals surface area contributed by atoms with Gasteiger partial charge in [-0.05, 0) is 87.4 Å². The minimum Gasteiger partial charge on any atom is -0.463 e. The molecule has 5 nitrogen and oxygen atoms in total. The lowest BCUT2D eigenvalue weighted by Gasteiger charge is -2.61. The van der Waals surface area contributed by atoms with Gasteiger partial charge in [-0.3, -0.25) is 4.79 Å². The van der Waals surface area contributed by atoms with Crippen LogP contribution >= 0.6 is 0 Å². The van der Waals surface area contributed by atoms with E-state index in [0.29, 0.717) is 24.2 Å². The molecule has 0 radical (unpaired) electrons. The van der Waals surface area contributed by atoms with Crippen LogP contribution in [0.15, 0.2) is 0 Å². The topological polar surface area (TPSA) is 87.0 Å². The minimum atomic E-state index is -1.41. The Morgan fingerprint density at radius 1 is 1.07 bits per heavy atom. The Balaban J connectivity index is 1.58. The molecule has 4 rings (SSSR count). The van der Waals surface area contributed by atoms with Crippen LogP contribution in [0.4, 0.5) is 0 Å². The number of hydrogen-bond donors (Lipinski definition) is 3. The summed E-state index contributed by atoms with van der Waals surface area (Å²) in [6.45, 7) is 7.66. The molecule has 0 aliphatic heterocycles. The van der Waals surface area contributed by atoms with Gasteiger partial charge in [0.25, 0.3) is 0 Å². The molecule has 4 aliphatic carbocycles. The lowest BCUT2D eigenvalue weighted by Crippen LogP contribution is -2.61. The predicted molar refractivity (Wildman–Crippen MR) is 105 cm³/mol. The van der Waals surface area contributed by atoms with Gasteiger partial charge in [0.15, 0.2) is 0 Å². The zero-order chi connectivity index (χ0) is 20.5. The fourth-order valence-corrected chi connectivity index (χ4v) is 8.37. The quantitative estimate of drug-likeness (QED) is 0.627. The van der Waals surface area contributed by atoms with Gasteiger partial charge in [0.2, 0.25) is 0 Å². The highest BCUT2D eigenvalue weighted by molar-refractivity contribution is 5.66. The highest BCUT2D eigenvalue weighted by Crippen LogP contribution is 2.68. The van der Waals surface area contributed by atoms with Gasteiger partial charge in [-0.25, -0.2) is 0 Å². The molecule has 0 aromatic heterocycles. The maximum absolute atomic E-state index is 11.4. The average molecular weight is 395 g/mol. The van der Waals surface area contributed by atoms with Crippen LogP contribution in [-0.4, -0.2) is 45.2 Å². The number of aliphatic hydroxyl groups is 3. The summed E-state index contributed by atoms with van der Waals surface area (Å²) < 4.78 is 5.54. The molecule has 4 fully saturated rings. The Morgan fingerprint density at radius 3 is 2.43 bits per heavy atom. The van der Waals surface area contributed by atoms with E-state index in [1.165, 1.54) is 6.92 Å². The summed E-state index contributed by atoms with van der Waals surface area (Å²) >= 11 is 0. The standard InChI is InChI=1S/C23H38O5/c1-13(24)23(27)20(26)12-19-17-6-5-15-11-16(28-14(2)25)7-9-21(15,3)18(17)8-10-22(19,23)4/h13,15-20,24,26-27H,5-12H2,1-4H3/t13?,15-,16?,17?,18?,19?,20+,21-,22-,23+/m0/s1. The average Bonchev–Trinajstić information content (AvgIpc) is 2.83. The number of rotatable bonds is 2. The van der Waals surface area contributed by atoms with Crippen LogP contribution in [0, 0.1) is 34.5 Å². The Labute approximate surface area is 168 Å². The summed E-state index contributed by atoms with van der Waals surface area (Å²) in [5.41, 5.74) is -1.59. The number of ether oxygens (including phenoxy) is 1. The van der Waals surface area contributed by atoms with E-state index in [1.54, 1.807) is 6.92 Å². The van der Waals surface area contributed by atoms with E-state index in [9.17, 15) is 20.1 Å². The maximum Gasteiger partial charge on any atom is 0.302 e. The zero-order valence-corrected chi connectivity index (χ0v) is 17.9. The number of carbonyl (C=O) groups is 1. The molecule has 0 amide bonds. The molecule has 0 spiro atoms. The molecule has 0 heterocycles. The molecule has 10 atom stereocenters. The van der Waals surface area contributed by atoms with E-state index in [-0.39, 0.29) is 23.4 Å². The first-order chi connectivity index (χ1) is 13.0. The molecular formula is C23H38O5. The van der Waals surface area contributed by atoms with Gasteiger partial charge in [-0.15, -0.1) is 0 Å². The summed E-state index contributed by atoms with van der Waals surface area (Å²) in [5, 5.41) is 32.5. The monoisotopic (exact) mass is 394 g/mol. The van der Waals surface area contributed by atoms with Gasteiger partial charge in [0.1, 0.15) is 11.7 Å².